The third-order valence-electron chi connectivity index (χ3n) is 5.78. The highest BCUT2D eigenvalue weighted by atomic mass is 16.3. The van der Waals surface area contributed by atoms with Crippen molar-refractivity contribution in [1.82, 2.24) is 4.98 Å². The van der Waals surface area contributed by atoms with Crippen molar-refractivity contribution in [1.29, 1.82) is 0 Å². The molecule has 0 radical (unpaired) electrons. The molecule has 5 heteroatoms. The molecule has 0 bridgehead atoms. The molecule has 2 aromatic carbocycles. The molecule has 0 spiro atoms. The molecule has 146 valence electrons. The summed E-state index contributed by atoms with van der Waals surface area (Å²) in [5, 5.41) is 23.5. The summed E-state index contributed by atoms with van der Waals surface area (Å²) >= 11 is 0. The highest BCUT2D eigenvalue weighted by molar-refractivity contribution is 6.03. The number of aromatic nitrogens is 1. The summed E-state index contributed by atoms with van der Waals surface area (Å²) in [4.78, 5) is 16.5. The van der Waals surface area contributed by atoms with E-state index in [0.717, 1.165) is 35.0 Å². The first-order valence-corrected chi connectivity index (χ1v) is 9.58. The number of H-pyrrole nitrogens is 1. The van der Waals surface area contributed by atoms with Crippen LogP contribution >= 0.6 is 0 Å². The van der Waals surface area contributed by atoms with Gasteiger partial charge in [-0.05, 0) is 61.2 Å². The minimum absolute atomic E-state index is 0.0193. The highest BCUT2D eigenvalue weighted by Crippen LogP contribution is 2.50. The second kappa shape index (κ2) is 6.03. The summed E-state index contributed by atoms with van der Waals surface area (Å²) < 4.78 is 0. The monoisotopic (exact) mass is 378 g/mol. The van der Waals surface area contributed by atoms with Crippen molar-refractivity contribution in [3.63, 3.8) is 0 Å². The lowest BCUT2D eigenvalue weighted by molar-refractivity contribution is -0.118. The number of rotatable bonds is 3. The third kappa shape index (κ3) is 2.91. The van der Waals surface area contributed by atoms with E-state index in [4.69, 9.17) is 0 Å². The van der Waals surface area contributed by atoms with E-state index in [1.54, 1.807) is 6.07 Å². The van der Waals surface area contributed by atoms with Crippen LogP contribution < -0.4 is 5.32 Å². The maximum Gasteiger partial charge on any atom is 0.235 e. The van der Waals surface area contributed by atoms with Crippen molar-refractivity contribution in [2.24, 2.45) is 0 Å². The number of phenolic OH excluding ortho intramolecular Hbond substituents is 2. The summed E-state index contributed by atoms with van der Waals surface area (Å²) in [6, 6.07) is 10.5. The number of nitrogens with one attached hydrogen (secondary N) is 2. The SMILES string of the molecule is Cc1c(C(C)(C)C)[nH]c2ccc(NC(=O)C3(c4ccc(O)c(O)c4)CC3)cc12. The molecule has 0 aliphatic heterocycles. The molecule has 1 amide bonds. The molecule has 1 heterocycles. The van der Waals surface area contributed by atoms with Crippen molar-refractivity contribution in [3.8, 4) is 11.5 Å². The lowest BCUT2D eigenvalue weighted by Gasteiger charge is -2.18. The Hall–Kier alpha value is -2.95. The zero-order chi connectivity index (χ0) is 20.3. The first-order valence-electron chi connectivity index (χ1n) is 9.58. The second-order valence-corrected chi connectivity index (χ2v) is 8.88. The molecule has 0 unspecified atom stereocenters. The van der Waals surface area contributed by atoms with Crippen LogP contribution in [0, 0.1) is 6.92 Å². The molecule has 5 nitrogen and oxygen atoms in total. The zero-order valence-corrected chi connectivity index (χ0v) is 16.7. The molecule has 4 rings (SSSR count). The molecule has 1 aliphatic rings. The quantitative estimate of drug-likeness (QED) is 0.491. The van der Waals surface area contributed by atoms with Gasteiger partial charge in [0.1, 0.15) is 0 Å². The number of phenols is 2. The number of benzene rings is 2. The van der Waals surface area contributed by atoms with E-state index in [0.29, 0.717) is 0 Å². The minimum atomic E-state index is -0.635. The van der Waals surface area contributed by atoms with Crippen LogP contribution in [0.25, 0.3) is 10.9 Å². The number of aromatic amines is 1. The van der Waals surface area contributed by atoms with Crippen molar-refractivity contribution < 1.29 is 15.0 Å². The smallest absolute Gasteiger partial charge is 0.235 e. The maximum absolute atomic E-state index is 13.0. The van der Waals surface area contributed by atoms with Gasteiger partial charge in [0.15, 0.2) is 11.5 Å². The first kappa shape index (κ1) is 18.4. The van der Waals surface area contributed by atoms with Gasteiger partial charge >= 0.3 is 0 Å². The average molecular weight is 378 g/mol. The highest BCUT2D eigenvalue weighted by Gasteiger charge is 2.51. The Balaban J connectivity index is 1.63. The van der Waals surface area contributed by atoms with Crippen molar-refractivity contribution in [3.05, 3.63) is 53.2 Å². The third-order valence-corrected chi connectivity index (χ3v) is 5.78. The summed E-state index contributed by atoms with van der Waals surface area (Å²) in [6.07, 6.45) is 1.45. The van der Waals surface area contributed by atoms with Gasteiger partial charge in [0.05, 0.1) is 5.41 Å². The summed E-state index contributed by atoms with van der Waals surface area (Å²) in [6.45, 7) is 8.64. The molecule has 3 aromatic rings. The van der Waals surface area contributed by atoms with E-state index >= 15 is 0 Å². The Labute approximate surface area is 164 Å². The van der Waals surface area contributed by atoms with Gasteiger partial charge in [-0.15, -0.1) is 0 Å². The van der Waals surface area contributed by atoms with Crippen LogP contribution in [0.3, 0.4) is 0 Å². The fourth-order valence-electron chi connectivity index (χ4n) is 4.00. The van der Waals surface area contributed by atoms with E-state index in [2.05, 4.69) is 38.0 Å². The van der Waals surface area contributed by atoms with Gasteiger partial charge in [0.2, 0.25) is 5.91 Å². The summed E-state index contributed by atoms with van der Waals surface area (Å²) in [7, 11) is 0. The molecule has 0 saturated heterocycles. The van der Waals surface area contributed by atoms with Crippen molar-refractivity contribution in [2.45, 2.75) is 51.4 Å². The van der Waals surface area contributed by atoms with Gasteiger partial charge in [-0.3, -0.25) is 4.79 Å². The Morgan fingerprint density at radius 2 is 1.79 bits per heavy atom. The largest absolute Gasteiger partial charge is 0.504 e. The number of aryl methyl sites for hydroxylation is 1. The van der Waals surface area contributed by atoms with Crippen LogP contribution in [0.1, 0.15) is 50.4 Å². The Kier molecular flexibility index (Phi) is 3.96. The van der Waals surface area contributed by atoms with Crippen molar-refractivity contribution in [2.75, 3.05) is 5.32 Å². The number of aromatic hydroxyl groups is 2. The van der Waals surface area contributed by atoms with Gasteiger partial charge < -0.3 is 20.5 Å². The summed E-state index contributed by atoms with van der Waals surface area (Å²) in [5.74, 6) is -0.458. The van der Waals surface area contributed by atoms with E-state index < -0.39 is 5.41 Å². The number of fused-ring (bicyclic) bond motifs is 1. The van der Waals surface area contributed by atoms with E-state index in [-0.39, 0.29) is 22.8 Å². The molecule has 1 aliphatic carbocycles. The van der Waals surface area contributed by atoms with E-state index in [1.807, 2.05) is 18.2 Å². The van der Waals surface area contributed by atoms with Crippen LogP contribution in [0.5, 0.6) is 11.5 Å². The fraction of sp³-hybridized carbons (Fsp3) is 0.348. The van der Waals surface area contributed by atoms with Gasteiger partial charge in [-0.1, -0.05) is 26.8 Å². The van der Waals surface area contributed by atoms with Crippen LogP contribution in [0.2, 0.25) is 0 Å². The topological polar surface area (TPSA) is 85.4 Å². The Bertz CT molecular complexity index is 1090. The van der Waals surface area contributed by atoms with Gasteiger partial charge in [0, 0.05) is 27.7 Å². The molecule has 1 fully saturated rings. The molecule has 0 atom stereocenters. The van der Waals surface area contributed by atoms with E-state index in [1.165, 1.54) is 23.4 Å². The van der Waals surface area contributed by atoms with Crippen LogP contribution in [0.4, 0.5) is 5.69 Å². The minimum Gasteiger partial charge on any atom is -0.504 e. The molecule has 28 heavy (non-hydrogen) atoms. The second-order valence-electron chi connectivity index (χ2n) is 8.88. The van der Waals surface area contributed by atoms with E-state index in [9.17, 15) is 15.0 Å². The van der Waals surface area contributed by atoms with Gasteiger partial charge in [0.25, 0.3) is 0 Å². The van der Waals surface area contributed by atoms with Gasteiger partial charge in [-0.2, -0.15) is 0 Å². The Morgan fingerprint density at radius 3 is 2.39 bits per heavy atom. The average Bonchev–Trinajstić information content (AvgIpc) is 3.37. The standard InChI is InChI=1S/C23H26N2O3/c1-13-16-12-15(6-7-17(16)25-20(13)22(2,3)4)24-21(28)23(9-10-23)14-5-8-18(26)19(27)11-14/h5-8,11-12,25-27H,9-10H2,1-4H3,(H,24,28). The molecule has 1 saturated carbocycles. The molecular formula is C23H26N2O3. The number of carbonyl (C=O) groups is 1. The van der Waals surface area contributed by atoms with Crippen molar-refractivity contribution >= 4 is 22.5 Å². The molecular weight excluding hydrogens is 352 g/mol. The molecule has 1 aromatic heterocycles. The predicted octanol–water partition coefficient (Wildman–Crippen LogP) is 4.86. The number of amides is 1. The van der Waals surface area contributed by atoms with Crippen LogP contribution in [0.15, 0.2) is 36.4 Å². The van der Waals surface area contributed by atoms with Crippen LogP contribution in [-0.4, -0.2) is 21.1 Å². The fourth-order valence-corrected chi connectivity index (χ4v) is 4.00. The zero-order valence-electron chi connectivity index (χ0n) is 16.7. The first-order chi connectivity index (χ1) is 13.1. The van der Waals surface area contributed by atoms with Crippen LogP contribution in [-0.2, 0) is 15.6 Å². The lowest BCUT2D eigenvalue weighted by Crippen LogP contribution is -2.27. The normalized spacial score (nSPS) is 15.6. The number of hydrogen-bond donors (Lipinski definition) is 4. The number of anilines is 1. The number of carbonyl (C=O) groups excluding carboxylic acids is 1. The summed E-state index contributed by atoms with van der Waals surface area (Å²) in [5.41, 5.74) is 4.33. The number of hydrogen-bond acceptors (Lipinski definition) is 3. The predicted molar refractivity (Wildman–Crippen MR) is 111 cm³/mol. The maximum atomic E-state index is 13.0. The molecule has 4 N–H and O–H groups in total. The van der Waals surface area contributed by atoms with Gasteiger partial charge in [-0.25, -0.2) is 0 Å². The Morgan fingerprint density at radius 1 is 1.07 bits per heavy atom. The lowest BCUT2D eigenvalue weighted by atomic mass is 9.89.